The average Bonchev–Trinajstić information content (AvgIpc) is 2.58. The number of nitrogens with zero attached hydrogens (tertiary/aromatic N) is 2. The number of hydrogen-bond acceptors (Lipinski definition) is 2. The molecule has 0 aromatic heterocycles. The second-order valence-corrected chi connectivity index (χ2v) is 7.91. The van der Waals surface area contributed by atoms with Crippen LogP contribution in [0.4, 0.5) is 0 Å². The van der Waals surface area contributed by atoms with Gasteiger partial charge in [-0.15, -0.1) is 24.0 Å². The second kappa shape index (κ2) is 12.0. The van der Waals surface area contributed by atoms with Crippen molar-refractivity contribution in [3.05, 3.63) is 34.9 Å². The number of aliphatic imine (C=N–C) groups is 1. The molecule has 6 heteroatoms. The van der Waals surface area contributed by atoms with E-state index >= 15 is 0 Å². The van der Waals surface area contributed by atoms with Crippen molar-refractivity contribution < 1.29 is 0 Å². The maximum atomic E-state index is 6.30. The van der Waals surface area contributed by atoms with Gasteiger partial charge in [-0.2, -0.15) is 0 Å². The standard InChI is InChI=1S/C20H33ClN4.HI/c1-15(2)13-25-11-7-8-17(14-25)12-23-20(22-4)24-16(3)18-9-5-6-10-19(18)21;/h5-6,9-10,15-17H,7-8,11-14H2,1-4H3,(H2,22,23,24);1H. The summed E-state index contributed by atoms with van der Waals surface area (Å²) in [5, 5.41) is 7.74. The number of hydrogen-bond donors (Lipinski definition) is 2. The molecule has 0 aliphatic carbocycles. The molecule has 0 saturated carbocycles. The summed E-state index contributed by atoms with van der Waals surface area (Å²) in [5.41, 5.74) is 1.09. The zero-order valence-electron chi connectivity index (χ0n) is 16.5. The normalized spacial score (nSPS) is 19.8. The summed E-state index contributed by atoms with van der Waals surface area (Å²) in [6.45, 7) is 11.3. The third-order valence-electron chi connectivity index (χ3n) is 4.73. The van der Waals surface area contributed by atoms with Gasteiger partial charge >= 0.3 is 0 Å². The van der Waals surface area contributed by atoms with Crippen molar-refractivity contribution in [1.29, 1.82) is 0 Å². The van der Waals surface area contributed by atoms with Gasteiger partial charge in [0.2, 0.25) is 0 Å². The van der Waals surface area contributed by atoms with Gasteiger partial charge < -0.3 is 15.5 Å². The molecule has 2 N–H and O–H groups in total. The highest BCUT2D eigenvalue weighted by Crippen LogP contribution is 2.22. The SMILES string of the molecule is CN=C(NCC1CCCN(CC(C)C)C1)NC(C)c1ccccc1Cl.I. The van der Waals surface area contributed by atoms with Crippen LogP contribution < -0.4 is 10.6 Å². The van der Waals surface area contributed by atoms with Crippen LogP contribution in [0.1, 0.15) is 45.2 Å². The van der Waals surface area contributed by atoms with Gasteiger partial charge in [0, 0.05) is 31.7 Å². The highest BCUT2D eigenvalue weighted by atomic mass is 127. The topological polar surface area (TPSA) is 39.7 Å². The lowest BCUT2D eigenvalue weighted by atomic mass is 9.97. The van der Waals surface area contributed by atoms with Crippen LogP contribution >= 0.6 is 35.6 Å². The minimum absolute atomic E-state index is 0. The van der Waals surface area contributed by atoms with E-state index in [1.54, 1.807) is 0 Å². The predicted molar refractivity (Wildman–Crippen MR) is 124 cm³/mol. The van der Waals surface area contributed by atoms with Gasteiger partial charge in [-0.05, 0) is 49.8 Å². The van der Waals surface area contributed by atoms with E-state index in [1.807, 2.05) is 25.2 Å². The van der Waals surface area contributed by atoms with E-state index in [1.165, 1.54) is 32.5 Å². The maximum absolute atomic E-state index is 6.30. The first-order valence-corrected chi connectivity index (χ1v) is 9.81. The van der Waals surface area contributed by atoms with Crippen molar-refractivity contribution in [1.82, 2.24) is 15.5 Å². The molecule has 2 atom stereocenters. The lowest BCUT2D eigenvalue weighted by molar-refractivity contribution is 0.159. The molecular weight excluding hydrogens is 459 g/mol. The van der Waals surface area contributed by atoms with Gasteiger partial charge in [0.25, 0.3) is 0 Å². The zero-order valence-corrected chi connectivity index (χ0v) is 19.6. The number of benzene rings is 1. The van der Waals surface area contributed by atoms with Gasteiger partial charge in [-0.3, -0.25) is 4.99 Å². The number of halogens is 2. The average molecular weight is 493 g/mol. The summed E-state index contributed by atoms with van der Waals surface area (Å²) in [6.07, 6.45) is 2.58. The molecule has 1 aliphatic heterocycles. The van der Waals surface area contributed by atoms with Crippen LogP contribution in [0.15, 0.2) is 29.3 Å². The Balaban J connectivity index is 0.00000338. The molecule has 1 aromatic rings. The number of nitrogens with one attached hydrogen (secondary N) is 2. The fourth-order valence-electron chi connectivity index (χ4n) is 3.54. The molecule has 2 unspecified atom stereocenters. The summed E-state index contributed by atoms with van der Waals surface area (Å²) in [7, 11) is 1.82. The van der Waals surface area contributed by atoms with Crippen LogP contribution in [0.25, 0.3) is 0 Å². The first-order valence-electron chi connectivity index (χ1n) is 9.43. The van der Waals surface area contributed by atoms with Gasteiger partial charge in [-0.25, -0.2) is 0 Å². The number of guanidine groups is 1. The van der Waals surface area contributed by atoms with Crippen molar-refractivity contribution in [2.24, 2.45) is 16.8 Å². The Morgan fingerprint density at radius 3 is 2.69 bits per heavy atom. The largest absolute Gasteiger partial charge is 0.356 e. The van der Waals surface area contributed by atoms with Crippen LogP contribution in [-0.4, -0.2) is 44.1 Å². The highest BCUT2D eigenvalue weighted by Gasteiger charge is 2.20. The quantitative estimate of drug-likeness (QED) is 0.348. The molecule has 1 aliphatic rings. The van der Waals surface area contributed by atoms with Crippen molar-refractivity contribution in [2.75, 3.05) is 33.2 Å². The molecule has 0 spiro atoms. The van der Waals surface area contributed by atoms with Gasteiger partial charge in [0.15, 0.2) is 5.96 Å². The van der Waals surface area contributed by atoms with E-state index in [2.05, 4.69) is 47.4 Å². The fraction of sp³-hybridized carbons (Fsp3) is 0.650. The Morgan fingerprint density at radius 2 is 2.04 bits per heavy atom. The second-order valence-electron chi connectivity index (χ2n) is 7.50. The van der Waals surface area contributed by atoms with E-state index in [4.69, 9.17) is 11.6 Å². The summed E-state index contributed by atoms with van der Waals surface area (Å²) < 4.78 is 0. The van der Waals surface area contributed by atoms with Gasteiger partial charge in [0.1, 0.15) is 0 Å². The smallest absolute Gasteiger partial charge is 0.191 e. The molecule has 0 amide bonds. The summed E-state index contributed by atoms with van der Waals surface area (Å²) in [5.74, 6) is 2.26. The minimum Gasteiger partial charge on any atom is -0.356 e. The Kier molecular flexibility index (Phi) is 10.9. The van der Waals surface area contributed by atoms with E-state index in [-0.39, 0.29) is 30.0 Å². The van der Waals surface area contributed by atoms with Crippen molar-refractivity contribution in [3.8, 4) is 0 Å². The molecule has 1 saturated heterocycles. The summed E-state index contributed by atoms with van der Waals surface area (Å²) >= 11 is 6.30. The monoisotopic (exact) mass is 492 g/mol. The van der Waals surface area contributed by atoms with Gasteiger partial charge in [0.05, 0.1) is 6.04 Å². The van der Waals surface area contributed by atoms with Crippen LogP contribution in [0, 0.1) is 11.8 Å². The molecule has 1 aromatic carbocycles. The molecule has 1 heterocycles. The molecule has 1 fully saturated rings. The lowest BCUT2D eigenvalue weighted by Crippen LogP contribution is -2.45. The lowest BCUT2D eigenvalue weighted by Gasteiger charge is -2.34. The maximum Gasteiger partial charge on any atom is 0.191 e. The Hall–Kier alpha value is -0.530. The number of piperidine rings is 1. The third kappa shape index (κ3) is 7.61. The Bertz CT molecular complexity index is 564. The van der Waals surface area contributed by atoms with Crippen molar-refractivity contribution in [2.45, 2.75) is 39.7 Å². The van der Waals surface area contributed by atoms with E-state index < -0.39 is 0 Å². The van der Waals surface area contributed by atoms with E-state index in [9.17, 15) is 0 Å². The predicted octanol–water partition coefficient (Wildman–Crippen LogP) is 4.55. The fourth-order valence-corrected chi connectivity index (χ4v) is 3.84. The number of rotatable bonds is 6. The number of likely N-dealkylation sites (tertiary alicyclic amines) is 1. The highest BCUT2D eigenvalue weighted by molar-refractivity contribution is 14.0. The van der Waals surface area contributed by atoms with Gasteiger partial charge in [-0.1, -0.05) is 43.6 Å². The van der Waals surface area contributed by atoms with Crippen LogP contribution in [-0.2, 0) is 0 Å². The molecule has 0 radical (unpaired) electrons. The molecule has 148 valence electrons. The van der Waals surface area contributed by atoms with Crippen LogP contribution in [0.2, 0.25) is 5.02 Å². The van der Waals surface area contributed by atoms with Crippen molar-refractivity contribution >= 4 is 41.5 Å². The molecule has 26 heavy (non-hydrogen) atoms. The Morgan fingerprint density at radius 1 is 1.31 bits per heavy atom. The minimum atomic E-state index is 0. The zero-order chi connectivity index (χ0) is 18.2. The van der Waals surface area contributed by atoms with Crippen LogP contribution in [0.5, 0.6) is 0 Å². The molecule has 0 bridgehead atoms. The summed E-state index contributed by atoms with van der Waals surface area (Å²) in [4.78, 5) is 6.97. The van der Waals surface area contributed by atoms with E-state index in [0.29, 0.717) is 5.92 Å². The molecular formula is C20H34ClIN4. The Labute approximate surface area is 181 Å². The first kappa shape index (κ1) is 23.5. The summed E-state index contributed by atoms with van der Waals surface area (Å²) in [6, 6.07) is 8.07. The van der Waals surface area contributed by atoms with E-state index in [0.717, 1.165) is 29.0 Å². The molecule has 2 rings (SSSR count). The first-order chi connectivity index (χ1) is 12.0. The third-order valence-corrected chi connectivity index (χ3v) is 5.08. The van der Waals surface area contributed by atoms with Crippen LogP contribution in [0.3, 0.4) is 0 Å². The van der Waals surface area contributed by atoms with Crippen molar-refractivity contribution in [3.63, 3.8) is 0 Å². The molecule has 4 nitrogen and oxygen atoms in total.